The summed E-state index contributed by atoms with van der Waals surface area (Å²) in [6, 6.07) is 76.3. The Morgan fingerprint density at radius 2 is 0.685 bits per heavy atom. The molecule has 0 unspecified atom stereocenters. The van der Waals surface area contributed by atoms with Crippen molar-refractivity contribution in [3.63, 3.8) is 0 Å². The van der Waals surface area contributed by atoms with E-state index < -0.39 is 0 Å². The van der Waals surface area contributed by atoms with Crippen LogP contribution in [-0.4, -0.2) is 0 Å². The van der Waals surface area contributed by atoms with Crippen molar-refractivity contribution < 1.29 is 0 Å². The fourth-order valence-electron chi connectivity index (χ4n) is 8.97. The van der Waals surface area contributed by atoms with Gasteiger partial charge in [0.15, 0.2) is 0 Å². The Morgan fingerprint density at radius 3 is 1.48 bits per heavy atom. The van der Waals surface area contributed by atoms with Gasteiger partial charge in [-0.05, 0) is 127 Å². The third-order valence-corrected chi connectivity index (χ3v) is 11.4. The molecular formula is C54H34. The molecule has 0 heterocycles. The van der Waals surface area contributed by atoms with Crippen LogP contribution in [0.25, 0.3) is 109 Å². The van der Waals surface area contributed by atoms with Crippen molar-refractivity contribution in [1.82, 2.24) is 0 Å². The first kappa shape index (κ1) is 30.6. The summed E-state index contributed by atoms with van der Waals surface area (Å²) in [5.74, 6) is 0. The molecule has 0 aliphatic carbocycles. The Morgan fingerprint density at radius 1 is 0.185 bits per heavy atom. The molecule has 0 saturated heterocycles. The molecule has 0 amide bonds. The molecule has 0 N–H and O–H groups in total. The van der Waals surface area contributed by atoms with E-state index in [1.54, 1.807) is 0 Å². The monoisotopic (exact) mass is 682 g/mol. The van der Waals surface area contributed by atoms with E-state index in [1.165, 1.54) is 109 Å². The van der Waals surface area contributed by atoms with Gasteiger partial charge in [-0.3, -0.25) is 0 Å². The Balaban J connectivity index is 1.29. The third-order valence-electron chi connectivity index (χ3n) is 11.4. The highest BCUT2D eigenvalue weighted by molar-refractivity contribution is 6.27. The van der Waals surface area contributed by atoms with Crippen LogP contribution in [0.3, 0.4) is 0 Å². The topological polar surface area (TPSA) is 0 Å². The molecule has 250 valence electrons. The number of fused-ring (bicyclic) bond motifs is 7. The molecule has 11 rings (SSSR count). The lowest BCUT2D eigenvalue weighted by molar-refractivity contribution is 1.62. The maximum Gasteiger partial charge on any atom is -0.00199 e. The number of hydrogen-bond donors (Lipinski definition) is 0. The Labute approximate surface area is 314 Å². The van der Waals surface area contributed by atoms with Crippen LogP contribution in [0, 0.1) is 0 Å². The van der Waals surface area contributed by atoms with Crippen LogP contribution < -0.4 is 0 Å². The third kappa shape index (κ3) is 4.78. The van der Waals surface area contributed by atoms with Crippen LogP contribution in [0.2, 0.25) is 0 Å². The first-order chi connectivity index (χ1) is 26.8. The first-order valence-corrected chi connectivity index (χ1v) is 18.8. The zero-order valence-electron chi connectivity index (χ0n) is 29.6. The average Bonchev–Trinajstić information content (AvgIpc) is 3.25. The summed E-state index contributed by atoms with van der Waals surface area (Å²) in [4.78, 5) is 0. The van der Waals surface area contributed by atoms with Crippen molar-refractivity contribution in [2.45, 2.75) is 0 Å². The molecule has 0 saturated carbocycles. The fraction of sp³-hybridized carbons (Fsp3) is 0. The van der Waals surface area contributed by atoms with Gasteiger partial charge in [0.2, 0.25) is 0 Å². The summed E-state index contributed by atoms with van der Waals surface area (Å²) < 4.78 is 0. The Hall–Kier alpha value is -7.02. The van der Waals surface area contributed by atoms with Crippen LogP contribution >= 0.6 is 0 Å². The van der Waals surface area contributed by atoms with Gasteiger partial charge in [-0.2, -0.15) is 0 Å². The highest BCUT2D eigenvalue weighted by atomic mass is 14.2. The standard InChI is InChI=1S/C54H34/c1-2-16-37-32-39(29-28-35(37)14-1)44-21-7-10-24-47(44)53-48-25-11-12-26-49(48)54(51-33-38-17-4-6-20-43(38)45-22-8-9-23-46(45)51)50-31-30-40(34-52(50)53)42-27-13-18-36-15-3-5-19-41(36)42/h1-34H. The Kier molecular flexibility index (Phi) is 6.97. The van der Waals surface area contributed by atoms with Crippen molar-refractivity contribution in [2.75, 3.05) is 0 Å². The molecule has 0 nitrogen and oxygen atoms in total. The molecule has 0 aliphatic rings. The predicted octanol–water partition coefficient (Wildman–Crippen LogP) is 15.3. The fourth-order valence-corrected chi connectivity index (χ4v) is 8.97. The molecule has 54 heavy (non-hydrogen) atoms. The molecule has 0 aromatic heterocycles. The van der Waals surface area contributed by atoms with Crippen molar-refractivity contribution in [3.05, 3.63) is 206 Å². The lowest BCUT2D eigenvalue weighted by Crippen LogP contribution is -1.94. The molecule has 0 aliphatic heterocycles. The van der Waals surface area contributed by atoms with Gasteiger partial charge in [-0.25, -0.2) is 0 Å². The zero-order chi connectivity index (χ0) is 35.6. The second-order valence-corrected chi connectivity index (χ2v) is 14.4. The highest BCUT2D eigenvalue weighted by Gasteiger charge is 2.21. The number of rotatable bonds is 4. The molecule has 0 heteroatoms. The van der Waals surface area contributed by atoms with E-state index in [-0.39, 0.29) is 0 Å². The van der Waals surface area contributed by atoms with Crippen LogP contribution in [0.4, 0.5) is 0 Å². The van der Waals surface area contributed by atoms with Gasteiger partial charge in [0.05, 0.1) is 0 Å². The summed E-state index contributed by atoms with van der Waals surface area (Å²) in [6.07, 6.45) is 0. The van der Waals surface area contributed by atoms with Gasteiger partial charge in [0.1, 0.15) is 0 Å². The molecule has 0 spiro atoms. The highest BCUT2D eigenvalue weighted by Crippen LogP contribution is 2.49. The smallest absolute Gasteiger partial charge is 0.00199 e. The van der Waals surface area contributed by atoms with Crippen LogP contribution in [0.5, 0.6) is 0 Å². The van der Waals surface area contributed by atoms with Crippen molar-refractivity contribution in [1.29, 1.82) is 0 Å². The minimum atomic E-state index is 1.22. The molecule has 11 aromatic rings. The van der Waals surface area contributed by atoms with Gasteiger partial charge in [-0.1, -0.05) is 188 Å². The van der Waals surface area contributed by atoms with Gasteiger partial charge in [0, 0.05) is 0 Å². The van der Waals surface area contributed by atoms with Crippen LogP contribution in [0.15, 0.2) is 206 Å². The summed E-state index contributed by atoms with van der Waals surface area (Å²) in [6.45, 7) is 0. The van der Waals surface area contributed by atoms with Crippen molar-refractivity contribution in [2.24, 2.45) is 0 Å². The molecule has 0 atom stereocenters. The largest absolute Gasteiger partial charge is 0.0616 e. The zero-order valence-corrected chi connectivity index (χ0v) is 29.6. The average molecular weight is 683 g/mol. The van der Waals surface area contributed by atoms with E-state index in [2.05, 4.69) is 206 Å². The lowest BCUT2D eigenvalue weighted by Gasteiger charge is -2.22. The second kappa shape index (κ2) is 12.3. The maximum absolute atomic E-state index is 2.46. The summed E-state index contributed by atoms with van der Waals surface area (Å²) in [5.41, 5.74) is 9.95. The lowest BCUT2D eigenvalue weighted by atomic mass is 9.81. The van der Waals surface area contributed by atoms with Gasteiger partial charge in [-0.15, -0.1) is 0 Å². The quantitative estimate of drug-likeness (QED) is 0.128. The summed E-state index contributed by atoms with van der Waals surface area (Å²) >= 11 is 0. The van der Waals surface area contributed by atoms with Crippen molar-refractivity contribution in [3.8, 4) is 44.5 Å². The second-order valence-electron chi connectivity index (χ2n) is 14.4. The van der Waals surface area contributed by atoms with E-state index in [9.17, 15) is 0 Å². The molecule has 0 bridgehead atoms. The Bertz CT molecular complexity index is 3270. The molecule has 11 aromatic carbocycles. The molecular weight excluding hydrogens is 649 g/mol. The normalized spacial score (nSPS) is 11.7. The number of benzene rings is 11. The summed E-state index contributed by atoms with van der Waals surface area (Å²) in [7, 11) is 0. The van der Waals surface area contributed by atoms with Gasteiger partial charge >= 0.3 is 0 Å². The van der Waals surface area contributed by atoms with Gasteiger partial charge < -0.3 is 0 Å². The van der Waals surface area contributed by atoms with Gasteiger partial charge in [0.25, 0.3) is 0 Å². The minimum Gasteiger partial charge on any atom is -0.0616 e. The SMILES string of the molecule is c1ccc(-c2c3ccccc3c(-c3cc4ccccc4c4ccccc34)c3ccc(-c4cccc5ccccc45)cc23)c(-c2ccc3ccccc3c2)c1. The van der Waals surface area contributed by atoms with E-state index in [4.69, 9.17) is 0 Å². The van der Waals surface area contributed by atoms with Crippen LogP contribution in [0.1, 0.15) is 0 Å². The first-order valence-electron chi connectivity index (χ1n) is 18.8. The van der Waals surface area contributed by atoms with E-state index >= 15 is 0 Å². The van der Waals surface area contributed by atoms with E-state index in [0.29, 0.717) is 0 Å². The maximum atomic E-state index is 2.46. The van der Waals surface area contributed by atoms with Crippen LogP contribution in [-0.2, 0) is 0 Å². The van der Waals surface area contributed by atoms with E-state index in [1.807, 2.05) is 0 Å². The van der Waals surface area contributed by atoms with Crippen molar-refractivity contribution >= 4 is 64.6 Å². The summed E-state index contributed by atoms with van der Waals surface area (Å²) in [5, 5.41) is 15.1. The van der Waals surface area contributed by atoms with E-state index in [0.717, 1.165) is 0 Å². The predicted molar refractivity (Wildman–Crippen MR) is 233 cm³/mol. The number of hydrogen-bond acceptors (Lipinski definition) is 0. The molecule has 0 fully saturated rings. The minimum absolute atomic E-state index is 1.22. The molecule has 0 radical (unpaired) electrons.